The van der Waals surface area contributed by atoms with Crippen molar-refractivity contribution in [1.82, 2.24) is 15.0 Å². The van der Waals surface area contributed by atoms with Crippen LogP contribution in [0.4, 0.5) is 0 Å². The van der Waals surface area contributed by atoms with Gasteiger partial charge in [-0.05, 0) is 6.92 Å². The third-order valence-electron chi connectivity index (χ3n) is 1.13. The van der Waals surface area contributed by atoms with E-state index in [4.69, 9.17) is 10.5 Å². The Morgan fingerprint density at radius 3 is 2.67 bits per heavy atom. The number of nitrogens with zero attached hydrogens (tertiary/aromatic N) is 5. The van der Waals surface area contributed by atoms with E-state index < -0.39 is 0 Å². The van der Waals surface area contributed by atoms with Crippen molar-refractivity contribution in [2.45, 2.75) is 6.92 Å². The van der Waals surface area contributed by atoms with E-state index in [2.05, 4.69) is 10.3 Å². The Morgan fingerprint density at radius 2 is 2.25 bits per heavy atom. The first-order chi connectivity index (χ1) is 5.76. The van der Waals surface area contributed by atoms with E-state index in [0.717, 1.165) is 5.69 Å². The number of nitriles is 2. The van der Waals surface area contributed by atoms with Crippen LogP contribution in [0.2, 0.25) is 0 Å². The summed E-state index contributed by atoms with van der Waals surface area (Å²) >= 11 is 0. The number of allylic oxidation sites excluding steroid dienone is 1. The van der Waals surface area contributed by atoms with Crippen LogP contribution in [0, 0.1) is 29.6 Å². The summed E-state index contributed by atoms with van der Waals surface area (Å²) in [7, 11) is 0. The van der Waals surface area contributed by atoms with Gasteiger partial charge in [0.15, 0.2) is 0 Å². The monoisotopic (exact) mass is 159 g/mol. The molecule has 0 aliphatic heterocycles. The summed E-state index contributed by atoms with van der Waals surface area (Å²) in [6, 6.07) is 3.44. The zero-order valence-electron chi connectivity index (χ0n) is 6.39. The molecule has 12 heavy (non-hydrogen) atoms. The van der Waals surface area contributed by atoms with Gasteiger partial charge in [0.2, 0.25) is 0 Å². The number of rotatable bonds is 1. The summed E-state index contributed by atoms with van der Waals surface area (Å²) in [5.41, 5.74) is 0.737. The molecule has 0 fully saturated rings. The van der Waals surface area contributed by atoms with Crippen molar-refractivity contribution in [3.63, 3.8) is 0 Å². The lowest BCUT2D eigenvalue weighted by atomic mass is 10.4. The zero-order chi connectivity index (χ0) is 8.97. The number of hydrogen-bond acceptors (Lipinski definition) is 4. The lowest BCUT2D eigenvalue weighted by Gasteiger charge is -1.84. The molecule has 0 spiro atoms. The molecular formula is C7H5N5. The minimum absolute atomic E-state index is 0.0000926. The molecule has 5 heteroatoms. The Labute approximate surface area is 69.1 Å². The Bertz CT molecular complexity index is 371. The highest BCUT2D eigenvalue weighted by molar-refractivity contribution is 5.48. The Balaban J connectivity index is 2.97. The summed E-state index contributed by atoms with van der Waals surface area (Å²) in [6.07, 6.45) is 2.94. The first kappa shape index (κ1) is 7.96. The van der Waals surface area contributed by atoms with Gasteiger partial charge in [0, 0.05) is 0 Å². The van der Waals surface area contributed by atoms with Crippen molar-refractivity contribution in [2.24, 2.45) is 0 Å². The van der Waals surface area contributed by atoms with Gasteiger partial charge in [-0.15, -0.1) is 5.10 Å². The van der Waals surface area contributed by atoms with Crippen LogP contribution in [0.25, 0.3) is 6.20 Å². The predicted molar refractivity (Wildman–Crippen MR) is 40.3 cm³/mol. The molecule has 1 heterocycles. The maximum Gasteiger partial charge on any atom is 0.147 e. The van der Waals surface area contributed by atoms with Crippen molar-refractivity contribution in [2.75, 3.05) is 0 Å². The van der Waals surface area contributed by atoms with E-state index in [0.29, 0.717) is 0 Å². The van der Waals surface area contributed by atoms with E-state index in [1.165, 1.54) is 10.9 Å². The average molecular weight is 159 g/mol. The Hall–Kier alpha value is -2.14. The fourth-order valence-corrected chi connectivity index (χ4v) is 0.643. The maximum absolute atomic E-state index is 8.39. The van der Waals surface area contributed by atoms with Gasteiger partial charge in [0.05, 0.1) is 18.1 Å². The van der Waals surface area contributed by atoms with Crippen LogP contribution in [-0.2, 0) is 0 Å². The molecule has 0 amide bonds. The van der Waals surface area contributed by atoms with Crippen molar-refractivity contribution >= 4 is 6.20 Å². The zero-order valence-corrected chi connectivity index (χ0v) is 6.39. The smallest absolute Gasteiger partial charge is 0.147 e. The van der Waals surface area contributed by atoms with Crippen molar-refractivity contribution in [3.8, 4) is 12.1 Å². The van der Waals surface area contributed by atoms with Crippen molar-refractivity contribution in [3.05, 3.63) is 17.5 Å². The largest absolute Gasteiger partial charge is 0.226 e. The standard InChI is InChI=1S/C7H5N5/c1-6-4-12(11-10-6)5-7(2-8)3-9/h4-5H,1H3. The first-order valence-electron chi connectivity index (χ1n) is 3.16. The first-order valence-corrected chi connectivity index (χ1v) is 3.16. The third-order valence-corrected chi connectivity index (χ3v) is 1.13. The van der Waals surface area contributed by atoms with Crippen LogP contribution in [-0.4, -0.2) is 15.0 Å². The van der Waals surface area contributed by atoms with Crippen molar-refractivity contribution < 1.29 is 0 Å². The quantitative estimate of drug-likeness (QED) is 0.558. The fraction of sp³-hybridized carbons (Fsp3) is 0.143. The normalized spacial score (nSPS) is 8.25. The van der Waals surface area contributed by atoms with Gasteiger partial charge in [0.25, 0.3) is 0 Å². The molecule has 1 aromatic heterocycles. The summed E-state index contributed by atoms with van der Waals surface area (Å²) in [4.78, 5) is 0. The van der Waals surface area contributed by atoms with E-state index in [9.17, 15) is 0 Å². The molecule has 58 valence electrons. The highest BCUT2D eigenvalue weighted by Crippen LogP contribution is 1.95. The van der Waals surface area contributed by atoms with E-state index in [1.807, 2.05) is 0 Å². The SMILES string of the molecule is Cc1cn(C=C(C#N)C#N)nn1. The van der Waals surface area contributed by atoms with Gasteiger partial charge >= 0.3 is 0 Å². The Morgan fingerprint density at radius 1 is 1.58 bits per heavy atom. The van der Waals surface area contributed by atoms with Gasteiger partial charge in [-0.3, -0.25) is 0 Å². The van der Waals surface area contributed by atoms with E-state index >= 15 is 0 Å². The predicted octanol–water partition coefficient (Wildman–Crippen LogP) is 0.475. The van der Waals surface area contributed by atoms with Crippen LogP contribution in [0.3, 0.4) is 0 Å². The lowest BCUT2D eigenvalue weighted by molar-refractivity contribution is 0.835. The van der Waals surface area contributed by atoms with Crippen molar-refractivity contribution in [1.29, 1.82) is 10.5 Å². The van der Waals surface area contributed by atoms with Gasteiger partial charge in [-0.1, -0.05) is 5.21 Å². The second-order valence-electron chi connectivity index (χ2n) is 2.11. The van der Waals surface area contributed by atoms with Crippen LogP contribution >= 0.6 is 0 Å². The number of aryl methyl sites for hydroxylation is 1. The highest BCUT2D eigenvalue weighted by atomic mass is 15.4. The second-order valence-corrected chi connectivity index (χ2v) is 2.11. The molecule has 0 aromatic carbocycles. The van der Waals surface area contributed by atoms with Crippen LogP contribution in [0.1, 0.15) is 5.69 Å². The lowest BCUT2D eigenvalue weighted by Crippen LogP contribution is -1.88. The molecule has 0 radical (unpaired) electrons. The minimum Gasteiger partial charge on any atom is -0.226 e. The molecule has 1 rings (SSSR count). The van der Waals surface area contributed by atoms with Crippen LogP contribution in [0.15, 0.2) is 11.8 Å². The second kappa shape index (κ2) is 3.31. The molecule has 0 bridgehead atoms. The Kier molecular flexibility index (Phi) is 2.20. The molecule has 0 atom stereocenters. The average Bonchev–Trinajstić information content (AvgIpc) is 2.47. The fourth-order valence-electron chi connectivity index (χ4n) is 0.643. The van der Waals surface area contributed by atoms with Gasteiger partial charge in [-0.2, -0.15) is 10.5 Å². The van der Waals surface area contributed by atoms with Gasteiger partial charge in [0.1, 0.15) is 17.7 Å². The molecule has 0 saturated heterocycles. The van der Waals surface area contributed by atoms with E-state index in [1.54, 1.807) is 25.3 Å². The number of aromatic nitrogens is 3. The minimum atomic E-state index is -0.0000926. The van der Waals surface area contributed by atoms with Crippen LogP contribution in [0.5, 0.6) is 0 Å². The third kappa shape index (κ3) is 1.68. The van der Waals surface area contributed by atoms with Gasteiger partial charge < -0.3 is 0 Å². The molecule has 0 aliphatic carbocycles. The molecule has 1 aromatic rings. The maximum atomic E-state index is 8.39. The summed E-state index contributed by atoms with van der Waals surface area (Å²) in [5, 5.41) is 24.1. The molecule has 5 nitrogen and oxygen atoms in total. The molecule has 0 N–H and O–H groups in total. The van der Waals surface area contributed by atoms with Crippen LogP contribution < -0.4 is 0 Å². The molecule has 0 saturated carbocycles. The molecule has 0 aliphatic rings. The topological polar surface area (TPSA) is 78.3 Å². The van der Waals surface area contributed by atoms with Gasteiger partial charge in [-0.25, -0.2) is 4.68 Å². The highest BCUT2D eigenvalue weighted by Gasteiger charge is 1.94. The number of hydrogen-bond donors (Lipinski definition) is 0. The molecular weight excluding hydrogens is 154 g/mol. The van der Waals surface area contributed by atoms with E-state index in [-0.39, 0.29) is 5.57 Å². The summed E-state index contributed by atoms with van der Waals surface area (Å²) in [6.45, 7) is 1.77. The molecule has 0 unspecified atom stereocenters. The summed E-state index contributed by atoms with van der Waals surface area (Å²) < 4.78 is 1.33. The summed E-state index contributed by atoms with van der Waals surface area (Å²) in [5.74, 6) is 0.